The Morgan fingerprint density at radius 3 is 2.60 bits per heavy atom. The number of rotatable bonds is 5. The Hall–Kier alpha value is -3.09. The molecule has 30 heavy (non-hydrogen) atoms. The average molecular weight is 409 g/mol. The third-order valence-electron chi connectivity index (χ3n) is 5.98. The predicted molar refractivity (Wildman–Crippen MR) is 112 cm³/mol. The zero-order valence-corrected chi connectivity index (χ0v) is 17.5. The van der Waals surface area contributed by atoms with Crippen LogP contribution in [0.2, 0.25) is 0 Å². The number of methoxy groups -OCH3 is 1. The van der Waals surface area contributed by atoms with Crippen molar-refractivity contribution in [3.63, 3.8) is 0 Å². The molecule has 1 unspecified atom stereocenters. The van der Waals surface area contributed by atoms with Gasteiger partial charge in [0.25, 0.3) is 0 Å². The lowest BCUT2D eigenvalue weighted by molar-refractivity contribution is -0.117. The van der Waals surface area contributed by atoms with Gasteiger partial charge in [-0.05, 0) is 24.3 Å². The first-order valence-corrected chi connectivity index (χ1v) is 10.3. The van der Waals surface area contributed by atoms with Crippen LogP contribution in [-0.2, 0) is 16.1 Å². The second kappa shape index (κ2) is 8.34. The van der Waals surface area contributed by atoms with Crippen LogP contribution in [0, 0.1) is 11.8 Å². The van der Waals surface area contributed by atoms with Crippen LogP contribution in [0.4, 0.5) is 10.5 Å². The number of hydrogen-bond donors (Lipinski definition) is 1. The fourth-order valence-corrected chi connectivity index (χ4v) is 4.43. The maximum Gasteiger partial charge on any atom is 0.407 e. The highest BCUT2D eigenvalue weighted by molar-refractivity contribution is 5.94. The zero-order valence-electron chi connectivity index (χ0n) is 17.5. The summed E-state index contributed by atoms with van der Waals surface area (Å²) in [4.78, 5) is 31.4. The minimum atomic E-state index is -0.483. The molecule has 1 aliphatic heterocycles. The molecule has 1 N–H and O–H groups in total. The monoisotopic (exact) mass is 409 g/mol. The number of pyridine rings is 1. The molecule has 0 spiro atoms. The van der Waals surface area contributed by atoms with E-state index in [0.717, 1.165) is 29.7 Å². The first-order valence-electron chi connectivity index (χ1n) is 10.3. The molecule has 2 amide bonds. The van der Waals surface area contributed by atoms with Crippen molar-refractivity contribution in [1.29, 1.82) is 0 Å². The van der Waals surface area contributed by atoms with Gasteiger partial charge in [0.2, 0.25) is 11.8 Å². The van der Waals surface area contributed by atoms with E-state index < -0.39 is 6.09 Å². The molecule has 1 saturated carbocycles. The highest BCUT2D eigenvalue weighted by Gasteiger charge is 2.48. The van der Waals surface area contributed by atoms with Crippen LogP contribution in [-0.4, -0.2) is 30.1 Å². The Morgan fingerprint density at radius 2 is 1.97 bits per heavy atom. The molecule has 0 bridgehead atoms. The number of ether oxygens (including phenoxy) is 2. The number of nitrogens with zero attached hydrogens (tertiary/aromatic N) is 2. The lowest BCUT2D eigenvalue weighted by atomic mass is 9.80. The second-order valence-electron chi connectivity index (χ2n) is 8.05. The molecule has 2 aliphatic rings. The second-order valence-corrected chi connectivity index (χ2v) is 8.05. The molecular formula is C23H27N3O4. The van der Waals surface area contributed by atoms with E-state index in [2.05, 4.69) is 17.2 Å². The van der Waals surface area contributed by atoms with Gasteiger partial charge in [-0.2, -0.15) is 0 Å². The van der Waals surface area contributed by atoms with Gasteiger partial charge in [0.15, 0.2) is 0 Å². The summed E-state index contributed by atoms with van der Waals surface area (Å²) in [5.74, 6) is 0.877. The summed E-state index contributed by atoms with van der Waals surface area (Å²) in [6.07, 6.45) is 3.37. The van der Waals surface area contributed by atoms with E-state index in [4.69, 9.17) is 9.47 Å². The third kappa shape index (κ3) is 3.97. The van der Waals surface area contributed by atoms with Crippen molar-refractivity contribution in [3.05, 3.63) is 53.7 Å². The van der Waals surface area contributed by atoms with E-state index in [0.29, 0.717) is 11.8 Å². The maximum atomic E-state index is 12.6. The van der Waals surface area contributed by atoms with Gasteiger partial charge < -0.3 is 19.7 Å². The van der Waals surface area contributed by atoms with Crippen LogP contribution in [0.25, 0.3) is 0 Å². The minimum absolute atomic E-state index is 0.0153. The van der Waals surface area contributed by atoms with E-state index in [-0.39, 0.29) is 30.5 Å². The molecular weight excluding hydrogens is 382 g/mol. The Kier molecular flexibility index (Phi) is 5.61. The van der Waals surface area contributed by atoms with Crippen LogP contribution in [0.1, 0.15) is 43.9 Å². The third-order valence-corrected chi connectivity index (χ3v) is 5.98. The molecule has 7 heteroatoms. The van der Waals surface area contributed by atoms with Gasteiger partial charge >= 0.3 is 6.09 Å². The van der Waals surface area contributed by atoms with Gasteiger partial charge in [-0.1, -0.05) is 37.3 Å². The van der Waals surface area contributed by atoms with E-state index >= 15 is 0 Å². The highest BCUT2D eigenvalue weighted by Crippen LogP contribution is 2.49. The summed E-state index contributed by atoms with van der Waals surface area (Å²) >= 11 is 0. The Labute approximate surface area is 176 Å². The van der Waals surface area contributed by atoms with Crippen molar-refractivity contribution in [2.45, 2.75) is 45.4 Å². The largest absolute Gasteiger partial charge is 0.481 e. The zero-order chi connectivity index (χ0) is 21.3. The van der Waals surface area contributed by atoms with Crippen LogP contribution < -0.4 is 15.0 Å². The molecule has 2 aromatic rings. The summed E-state index contributed by atoms with van der Waals surface area (Å²) in [6, 6.07) is 11.1. The fourth-order valence-electron chi connectivity index (χ4n) is 4.43. The van der Waals surface area contributed by atoms with E-state index in [1.54, 1.807) is 26.3 Å². The van der Waals surface area contributed by atoms with Crippen LogP contribution in [0.15, 0.2) is 42.6 Å². The first kappa shape index (κ1) is 20.2. The Balaban J connectivity index is 1.60. The molecule has 3 atom stereocenters. The van der Waals surface area contributed by atoms with Crippen molar-refractivity contribution in [2.75, 3.05) is 12.0 Å². The quantitative estimate of drug-likeness (QED) is 0.812. The Bertz CT molecular complexity index is 929. The van der Waals surface area contributed by atoms with Crippen molar-refractivity contribution in [3.8, 4) is 5.88 Å². The van der Waals surface area contributed by atoms with Gasteiger partial charge in [-0.25, -0.2) is 9.78 Å². The molecule has 1 fully saturated rings. The van der Waals surface area contributed by atoms with Gasteiger partial charge in [0, 0.05) is 36.7 Å². The lowest BCUT2D eigenvalue weighted by Crippen LogP contribution is -2.53. The van der Waals surface area contributed by atoms with Crippen LogP contribution >= 0.6 is 0 Å². The number of alkyl carbamates (subject to hydrolysis) is 1. The molecule has 1 aromatic carbocycles. The molecule has 2 heterocycles. The summed E-state index contributed by atoms with van der Waals surface area (Å²) in [5.41, 5.74) is 2.47. The van der Waals surface area contributed by atoms with Crippen molar-refractivity contribution in [2.24, 2.45) is 11.8 Å². The topological polar surface area (TPSA) is 80.8 Å². The summed E-state index contributed by atoms with van der Waals surface area (Å²) in [7, 11) is 1.55. The number of carbonyl (C=O) groups is 2. The van der Waals surface area contributed by atoms with Crippen molar-refractivity contribution in [1.82, 2.24) is 10.3 Å². The number of aromatic nitrogens is 1. The Morgan fingerprint density at radius 1 is 1.23 bits per heavy atom. The van der Waals surface area contributed by atoms with Crippen LogP contribution in [0.5, 0.6) is 5.88 Å². The highest BCUT2D eigenvalue weighted by atomic mass is 16.5. The number of anilines is 1. The SMILES string of the molecule is COc1cc2c(cn1)C(NC(=O)OCc1ccccc1)[C@@H](C)[C@H](C1CC1)N2C(C)=O. The van der Waals surface area contributed by atoms with Gasteiger partial charge in [0.05, 0.1) is 18.8 Å². The molecule has 0 radical (unpaired) electrons. The molecule has 0 saturated heterocycles. The van der Waals surface area contributed by atoms with E-state index in [1.165, 1.54) is 0 Å². The summed E-state index contributed by atoms with van der Waals surface area (Å²) < 4.78 is 10.7. The number of fused-ring (bicyclic) bond motifs is 1. The average Bonchev–Trinajstić information content (AvgIpc) is 3.59. The molecule has 1 aliphatic carbocycles. The van der Waals surface area contributed by atoms with Gasteiger partial charge in [-0.15, -0.1) is 0 Å². The van der Waals surface area contributed by atoms with Crippen LogP contribution in [0.3, 0.4) is 0 Å². The number of amides is 2. The first-order chi connectivity index (χ1) is 14.5. The number of nitrogens with one attached hydrogen (secondary N) is 1. The maximum absolute atomic E-state index is 12.6. The number of carbonyl (C=O) groups excluding carboxylic acids is 2. The minimum Gasteiger partial charge on any atom is -0.481 e. The van der Waals surface area contributed by atoms with Gasteiger partial charge in [0.1, 0.15) is 6.61 Å². The summed E-state index contributed by atoms with van der Waals surface area (Å²) in [6.45, 7) is 3.86. The fraction of sp³-hybridized carbons (Fsp3) is 0.435. The molecule has 4 rings (SSSR count). The van der Waals surface area contributed by atoms with Crippen molar-refractivity contribution < 1.29 is 19.1 Å². The summed E-state index contributed by atoms with van der Waals surface area (Å²) in [5, 5.41) is 3.02. The van der Waals surface area contributed by atoms with E-state index in [9.17, 15) is 9.59 Å². The standard InChI is InChI=1S/C23H27N3O4/c1-14-21(25-23(28)30-13-16-7-5-4-6-8-16)18-12-24-20(29-3)11-19(18)26(15(2)27)22(14)17-9-10-17/h4-8,11-12,14,17,21-22H,9-10,13H2,1-3H3,(H,25,28)/t14-,21?,22-/m1/s1. The lowest BCUT2D eigenvalue weighted by Gasteiger charge is -2.45. The van der Waals surface area contributed by atoms with Crippen molar-refractivity contribution >= 4 is 17.7 Å². The van der Waals surface area contributed by atoms with Gasteiger partial charge in [-0.3, -0.25) is 4.79 Å². The molecule has 7 nitrogen and oxygen atoms in total. The predicted octanol–water partition coefficient (Wildman–Crippen LogP) is 3.84. The smallest absolute Gasteiger partial charge is 0.407 e. The number of hydrogen-bond acceptors (Lipinski definition) is 5. The molecule has 158 valence electrons. The van der Waals surface area contributed by atoms with E-state index in [1.807, 2.05) is 35.2 Å². The molecule has 1 aromatic heterocycles. The normalized spacial score (nSPS) is 22.8. The number of benzene rings is 1.